The molecule has 0 aromatic carbocycles. The first-order chi connectivity index (χ1) is 9.72. The summed E-state index contributed by atoms with van der Waals surface area (Å²) < 4.78 is 0. The predicted octanol–water partition coefficient (Wildman–Crippen LogP) is 2.99. The Balaban J connectivity index is 1.81. The number of hydrogen-bond donors (Lipinski definition) is 1. The van der Waals surface area contributed by atoms with Gasteiger partial charge in [0.15, 0.2) is 0 Å². The molecule has 2 rings (SSSR count). The minimum atomic E-state index is 0.439. The van der Waals surface area contributed by atoms with Crippen LogP contribution in [0.2, 0.25) is 0 Å². The van der Waals surface area contributed by atoms with Gasteiger partial charge in [-0.2, -0.15) is 0 Å². The third kappa shape index (κ3) is 4.78. The zero-order valence-electron chi connectivity index (χ0n) is 13.2. The summed E-state index contributed by atoms with van der Waals surface area (Å²) in [5.41, 5.74) is 0.882. The SMILES string of the molecule is CCCCCCN1CCCCN1C1NC(N(C)C)SS1. The van der Waals surface area contributed by atoms with E-state index in [1.54, 1.807) is 0 Å². The van der Waals surface area contributed by atoms with E-state index in [-0.39, 0.29) is 0 Å². The lowest BCUT2D eigenvalue weighted by atomic mass is 10.2. The third-order valence-electron chi connectivity index (χ3n) is 3.95. The summed E-state index contributed by atoms with van der Waals surface area (Å²) in [4.78, 5) is 2.26. The maximum Gasteiger partial charge on any atom is 0.133 e. The van der Waals surface area contributed by atoms with Gasteiger partial charge in [0.2, 0.25) is 0 Å². The molecule has 2 unspecified atom stereocenters. The van der Waals surface area contributed by atoms with E-state index in [9.17, 15) is 0 Å². The van der Waals surface area contributed by atoms with Crippen molar-refractivity contribution in [1.82, 2.24) is 20.2 Å². The second kappa shape index (κ2) is 8.86. The molecular formula is C14H30N4S2. The van der Waals surface area contributed by atoms with Crippen molar-refractivity contribution in [3.8, 4) is 0 Å². The van der Waals surface area contributed by atoms with E-state index in [1.165, 1.54) is 58.2 Å². The summed E-state index contributed by atoms with van der Waals surface area (Å²) >= 11 is 0. The molecule has 6 heteroatoms. The molecule has 2 heterocycles. The fourth-order valence-corrected chi connectivity index (χ4v) is 5.67. The molecule has 0 bridgehead atoms. The Kier molecular flexibility index (Phi) is 7.48. The Hall–Kier alpha value is 0.540. The molecule has 4 nitrogen and oxygen atoms in total. The Bertz CT molecular complexity index is 278. The van der Waals surface area contributed by atoms with E-state index in [4.69, 9.17) is 0 Å². The second-order valence-electron chi connectivity index (χ2n) is 5.91. The predicted molar refractivity (Wildman–Crippen MR) is 91.2 cm³/mol. The first kappa shape index (κ1) is 16.9. The van der Waals surface area contributed by atoms with Gasteiger partial charge in [-0.25, -0.2) is 10.0 Å². The number of nitrogens with zero attached hydrogens (tertiary/aromatic N) is 3. The van der Waals surface area contributed by atoms with E-state index >= 15 is 0 Å². The van der Waals surface area contributed by atoms with Crippen LogP contribution in [-0.4, -0.2) is 59.6 Å². The molecule has 0 aromatic heterocycles. The molecule has 2 atom stereocenters. The summed E-state index contributed by atoms with van der Waals surface area (Å²) in [6.45, 7) is 5.96. The molecule has 0 radical (unpaired) electrons. The molecule has 2 aliphatic heterocycles. The molecule has 118 valence electrons. The van der Waals surface area contributed by atoms with E-state index in [0.717, 1.165) is 0 Å². The first-order valence-electron chi connectivity index (χ1n) is 7.98. The van der Waals surface area contributed by atoms with Crippen LogP contribution in [-0.2, 0) is 0 Å². The zero-order chi connectivity index (χ0) is 14.4. The number of nitrogens with one attached hydrogen (secondary N) is 1. The lowest BCUT2D eigenvalue weighted by Crippen LogP contribution is -2.56. The molecule has 2 saturated heterocycles. The van der Waals surface area contributed by atoms with Crippen LogP contribution in [0.25, 0.3) is 0 Å². The quantitative estimate of drug-likeness (QED) is 0.571. The molecule has 1 N–H and O–H groups in total. The van der Waals surface area contributed by atoms with Gasteiger partial charge < -0.3 is 0 Å². The monoisotopic (exact) mass is 318 g/mol. The standard InChI is InChI=1S/C14H30N4S2/c1-4-5-6-7-10-17-11-8-9-12-18(17)14-15-13(16(2)3)19-20-14/h13-15H,4-12H2,1-3H3. The smallest absolute Gasteiger partial charge is 0.133 e. The molecular weight excluding hydrogens is 288 g/mol. The van der Waals surface area contributed by atoms with Gasteiger partial charge in [-0.05, 0) is 33.4 Å². The van der Waals surface area contributed by atoms with Crippen LogP contribution in [0.5, 0.6) is 0 Å². The highest BCUT2D eigenvalue weighted by atomic mass is 33.1. The second-order valence-corrected chi connectivity index (χ2v) is 8.34. The lowest BCUT2D eigenvalue weighted by Gasteiger charge is -2.41. The van der Waals surface area contributed by atoms with Crippen molar-refractivity contribution in [2.45, 2.75) is 56.4 Å². The zero-order valence-corrected chi connectivity index (χ0v) is 14.8. The topological polar surface area (TPSA) is 21.8 Å². The van der Waals surface area contributed by atoms with E-state index in [0.29, 0.717) is 11.0 Å². The van der Waals surface area contributed by atoms with Gasteiger partial charge in [-0.3, -0.25) is 10.2 Å². The van der Waals surface area contributed by atoms with E-state index in [1.807, 2.05) is 21.6 Å². The maximum atomic E-state index is 3.73. The number of hydrazine groups is 1. The summed E-state index contributed by atoms with van der Waals surface area (Å²) in [6, 6.07) is 0. The van der Waals surface area contributed by atoms with E-state index < -0.39 is 0 Å². The van der Waals surface area contributed by atoms with Gasteiger partial charge in [0, 0.05) is 19.6 Å². The normalized spacial score (nSPS) is 29.4. The van der Waals surface area contributed by atoms with Crippen molar-refractivity contribution >= 4 is 21.6 Å². The molecule has 0 spiro atoms. The molecule has 2 aliphatic rings. The highest BCUT2D eigenvalue weighted by molar-refractivity contribution is 8.77. The van der Waals surface area contributed by atoms with Crippen molar-refractivity contribution in [2.75, 3.05) is 33.7 Å². The third-order valence-corrected chi connectivity index (χ3v) is 6.79. The fraction of sp³-hybridized carbons (Fsp3) is 1.00. The fourth-order valence-electron chi connectivity index (χ4n) is 2.72. The van der Waals surface area contributed by atoms with Crippen LogP contribution < -0.4 is 5.32 Å². The first-order valence-corrected chi connectivity index (χ1v) is 10.3. The van der Waals surface area contributed by atoms with Crippen LogP contribution in [0.4, 0.5) is 0 Å². The number of hydrogen-bond acceptors (Lipinski definition) is 6. The van der Waals surface area contributed by atoms with Crippen molar-refractivity contribution in [2.24, 2.45) is 0 Å². The van der Waals surface area contributed by atoms with Gasteiger partial charge in [0.05, 0.1) is 0 Å². The number of unbranched alkanes of at least 4 members (excludes halogenated alkanes) is 3. The maximum absolute atomic E-state index is 3.73. The summed E-state index contributed by atoms with van der Waals surface area (Å²) in [6.07, 6.45) is 8.11. The van der Waals surface area contributed by atoms with Crippen molar-refractivity contribution in [3.05, 3.63) is 0 Å². The molecule has 20 heavy (non-hydrogen) atoms. The highest BCUT2D eigenvalue weighted by Gasteiger charge is 2.34. The average Bonchev–Trinajstić information content (AvgIpc) is 2.94. The minimum Gasteiger partial charge on any atom is -0.285 e. The van der Waals surface area contributed by atoms with Crippen LogP contribution in [0.1, 0.15) is 45.4 Å². The van der Waals surface area contributed by atoms with Crippen LogP contribution in [0.15, 0.2) is 0 Å². The van der Waals surface area contributed by atoms with Crippen LogP contribution in [0.3, 0.4) is 0 Å². The number of rotatable bonds is 7. The summed E-state index contributed by atoms with van der Waals surface area (Å²) in [7, 11) is 8.22. The van der Waals surface area contributed by atoms with Crippen LogP contribution >= 0.6 is 21.6 Å². The highest BCUT2D eigenvalue weighted by Crippen LogP contribution is 2.39. The average molecular weight is 319 g/mol. The van der Waals surface area contributed by atoms with Crippen molar-refractivity contribution < 1.29 is 0 Å². The van der Waals surface area contributed by atoms with Crippen LogP contribution in [0, 0.1) is 0 Å². The van der Waals surface area contributed by atoms with Crippen molar-refractivity contribution in [1.29, 1.82) is 0 Å². The van der Waals surface area contributed by atoms with E-state index in [2.05, 4.69) is 41.3 Å². The molecule has 0 saturated carbocycles. The van der Waals surface area contributed by atoms with Gasteiger partial charge in [0.1, 0.15) is 11.0 Å². The van der Waals surface area contributed by atoms with Gasteiger partial charge in [-0.1, -0.05) is 47.8 Å². The Labute approximate surface area is 132 Å². The van der Waals surface area contributed by atoms with Gasteiger partial charge in [0.25, 0.3) is 0 Å². The van der Waals surface area contributed by atoms with Gasteiger partial charge in [-0.15, -0.1) is 0 Å². The minimum absolute atomic E-state index is 0.439. The summed E-state index contributed by atoms with van der Waals surface area (Å²) in [5.74, 6) is 0. The molecule has 0 aromatic rings. The van der Waals surface area contributed by atoms with Crippen molar-refractivity contribution in [3.63, 3.8) is 0 Å². The molecule has 0 amide bonds. The summed E-state index contributed by atoms with van der Waals surface area (Å²) in [5, 5.41) is 8.91. The largest absolute Gasteiger partial charge is 0.285 e. The Morgan fingerprint density at radius 1 is 1.10 bits per heavy atom. The lowest BCUT2D eigenvalue weighted by molar-refractivity contribution is -0.0693. The Morgan fingerprint density at radius 3 is 2.60 bits per heavy atom. The Morgan fingerprint density at radius 2 is 1.90 bits per heavy atom. The van der Waals surface area contributed by atoms with Gasteiger partial charge >= 0.3 is 0 Å². The molecule has 0 aliphatic carbocycles. The molecule has 2 fully saturated rings.